The second-order valence-corrected chi connectivity index (χ2v) is 7.05. The summed E-state index contributed by atoms with van der Waals surface area (Å²) in [5.41, 5.74) is 1.50. The Morgan fingerprint density at radius 2 is 2.07 bits per heavy atom. The fourth-order valence-electron chi connectivity index (χ4n) is 2.22. The van der Waals surface area contributed by atoms with Gasteiger partial charge in [-0.25, -0.2) is 9.37 Å². The number of nitro groups is 1. The number of nitrogens with zero attached hydrogens (tertiary/aromatic N) is 3. The van der Waals surface area contributed by atoms with Crippen molar-refractivity contribution >= 4 is 44.2 Å². The summed E-state index contributed by atoms with van der Waals surface area (Å²) >= 11 is 4.65. The first-order chi connectivity index (χ1) is 13.0. The van der Waals surface area contributed by atoms with Gasteiger partial charge in [0.05, 0.1) is 16.7 Å². The third-order valence-electron chi connectivity index (χ3n) is 3.52. The number of rotatable bonds is 5. The zero-order valence-corrected chi connectivity index (χ0v) is 15.9. The molecule has 3 aromatic rings. The minimum Gasteiger partial charge on any atom is -0.355 e. The van der Waals surface area contributed by atoms with Gasteiger partial charge in [-0.05, 0) is 24.3 Å². The molecular weight excluding hydrogens is 435 g/mol. The molecule has 1 aromatic heterocycles. The first-order valence-electron chi connectivity index (χ1n) is 7.50. The van der Waals surface area contributed by atoms with E-state index in [9.17, 15) is 19.8 Å². The van der Waals surface area contributed by atoms with E-state index in [0.717, 1.165) is 27.9 Å². The molecule has 27 heavy (non-hydrogen) atoms. The van der Waals surface area contributed by atoms with Crippen molar-refractivity contribution < 1.29 is 9.31 Å². The van der Waals surface area contributed by atoms with Crippen molar-refractivity contribution in [1.29, 1.82) is 5.26 Å². The number of thiazole rings is 1. The lowest BCUT2D eigenvalue weighted by molar-refractivity contribution is -0.384. The van der Waals surface area contributed by atoms with Crippen LogP contribution < -0.4 is 5.32 Å². The van der Waals surface area contributed by atoms with Crippen LogP contribution in [0.5, 0.6) is 0 Å². The predicted molar refractivity (Wildman–Crippen MR) is 106 cm³/mol. The molecule has 0 bridgehead atoms. The van der Waals surface area contributed by atoms with Gasteiger partial charge in [0.2, 0.25) is 0 Å². The maximum Gasteiger partial charge on any atom is 0.295 e. The number of nitriles is 1. The van der Waals surface area contributed by atoms with Gasteiger partial charge in [0.25, 0.3) is 5.69 Å². The van der Waals surface area contributed by atoms with Crippen LogP contribution in [0.4, 0.5) is 15.8 Å². The van der Waals surface area contributed by atoms with Crippen molar-refractivity contribution in [1.82, 2.24) is 4.98 Å². The van der Waals surface area contributed by atoms with E-state index in [1.54, 1.807) is 0 Å². The Hall–Kier alpha value is -3.09. The molecule has 0 aliphatic rings. The molecule has 0 saturated heterocycles. The summed E-state index contributed by atoms with van der Waals surface area (Å²) in [5.74, 6) is -0.712. The number of nitrogens with one attached hydrogen (secondary N) is 1. The summed E-state index contributed by atoms with van der Waals surface area (Å²) in [7, 11) is 0. The van der Waals surface area contributed by atoms with Crippen LogP contribution in [0, 0.1) is 27.3 Å². The Balaban J connectivity index is 1.87. The van der Waals surface area contributed by atoms with E-state index in [0.29, 0.717) is 5.01 Å². The van der Waals surface area contributed by atoms with Gasteiger partial charge in [0.15, 0.2) is 0 Å². The van der Waals surface area contributed by atoms with E-state index in [2.05, 4.69) is 26.2 Å². The normalized spacial score (nSPS) is 11.1. The van der Waals surface area contributed by atoms with Crippen molar-refractivity contribution in [3.05, 3.63) is 79.5 Å². The second-order valence-electron chi connectivity index (χ2n) is 5.28. The summed E-state index contributed by atoms with van der Waals surface area (Å²) in [4.78, 5) is 14.8. The van der Waals surface area contributed by atoms with Crippen LogP contribution in [-0.4, -0.2) is 9.91 Å². The fraction of sp³-hybridized carbons (Fsp3) is 0. The highest BCUT2D eigenvalue weighted by atomic mass is 79.9. The Morgan fingerprint density at radius 1 is 1.33 bits per heavy atom. The van der Waals surface area contributed by atoms with Crippen molar-refractivity contribution in [2.75, 3.05) is 5.32 Å². The van der Waals surface area contributed by atoms with Crippen LogP contribution in [-0.2, 0) is 0 Å². The van der Waals surface area contributed by atoms with Gasteiger partial charge in [-0.2, -0.15) is 5.26 Å². The number of hydrogen-bond donors (Lipinski definition) is 1. The first kappa shape index (κ1) is 18.7. The Kier molecular flexibility index (Phi) is 5.59. The van der Waals surface area contributed by atoms with E-state index >= 15 is 0 Å². The van der Waals surface area contributed by atoms with Crippen LogP contribution in [0.3, 0.4) is 0 Å². The Morgan fingerprint density at radius 3 is 2.74 bits per heavy atom. The summed E-state index contributed by atoms with van der Waals surface area (Å²) in [6.07, 6.45) is 1.32. The highest BCUT2D eigenvalue weighted by Gasteiger charge is 2.15. The van der Waals surface area contributed by atoms with Gasteiger partial charge in [-0.1, -0.05) is 28.1 Å². The average molecular weight is 445 g/mol. The highest BCUT2D eigenvalue weighted by Crippen LogP contribution is 2.29. The number of hydrogen-bond acceptors (Lipinski definition) is 6. The molecule has 0 unspecified atom stereocenters. The smallest absolute Gasteiger partial charge is 0.295 e. The number of benzene rings is 2. The van der Waals surface area contributed by atoms with Gasteiger partial charge in [0.1, 0.15) is 28.2 Å². The van der Waals surface area contributed by atoms with Crippen molar-refractivity contribution in [2.24, 2.45) is 0 Å². The molecule has 0 aliphatic carbocycles. The van der Waals surface area contributed by atoms with Crippen molar-refractivity contribution in [2.45, 2.75) is 0 Å². The lowest BCUT2D eigenvalue weighted by Gasteiger charge is -2.03. The van der Waals surface area contributed by atoms with Crippen LogP contribution in [0.1, 0.15) is 5.01 Å². The summed E-state index contributed by atoms with van der Waals surface area (Å²) < 4.78 is 14.2. The van der Waals surface area contributed by atoms with Gasteiger partial charge in [-0.15, -0.1) is 11.3 Å². The van der Waals surface area contributed by atoms with E-state index < -0.39 is 16.4 Å². The van der Waals surface area contributed by atoms with E-state index in [-0.39, 0.29) is 11.3 Å². The second kappa shape index (κ2) is 8.07. The topological polar surface area (TPSA) is 91.8 Å². The third kappa shape index (κ3) is 4.36. The fourth-order valence-corrected chi connectivity index (χ4v) is 3.28. The van der Waals surface area contributed by atoms with Gasteiger partial charge >= 0.3 is 0 Å². The average Bonchev–Trinajstić information content (AvgIpc) is 3.13. The molecule has 2 aromatic carbocycles. The van der Waals surface area contributed by atoms with Gasteiger partial charge < -0.3 is 5.32 Å². The lowest BCUT2D eigenvalue weighted by atomic mass is 10.2. The minimum absolute atomic E-state index is 0.0823. The quantitative estimate of drug-likeness (QED) is 0.314. The molecule has 0 atom stereocenters. The number of nitro benzene ring substituents is 1. The number of aromatic nitrogens is 1. The maximum atomic E-state index is 13.2. The van der Waals surface area contributed by atoms with Crippen molar-refractivity contribution in [3.8, 4) is 17.3 Å². The van der Waals surface area contributed by atoms with Gasteiger partial charge in [-0.3, -0.25) is 10.1 Å². The number of allylic oxidation sites excluding steroid dienone is 1. The molecular formula is C18H10BrFN4O2S. The minimum atomic E-state index is -0.712. The summed E-state index contributed by atoms with van der Waals surface area (Å²) in [6.45, 7) is 0. The van der Waals surface area contributed by atoms with Gasteiger partial charge in [0, 0.05) is 21.6 Å². The molecule has 0 aliphatic heterocycles. The van der Waals surface area contributed by atoms with Crippen LogP contribution in [0.15, 0.2) is 58.5 Å². The predicted octanol–water partition coefficient (Wildman–Crippen LogP) is 5.60. The number of halogens is 2. The molecule has 1 heterocycles. The summed E-state index contributed by atoms with van der Waals surface area (Å²) in [6, 6.07) is 12.8. The van der Waals surface area contributed by atoms with E-state index in [1.807, 2.05) is 35.7 Å². The molecule has 0 spiro atoms. The first-order valence-corrected chi connectivity index (χ1v) is 9.18. The van der Waals surface area contributed by atoms with Crippen LogP contribution >= 0.6 is 27.3 Å². The lowest BCUT2D eigenvalue weighted by Crippen LogP contribution is -1.97. The Labute approximate surface area is 165 Å². The molecule has 9 heteroatoms. The van der Waals surface area contributed by atoms with E-state index in [1.165, 1.54) is 23.6 Å². The molecule has 0 radical (unpaired) electrons. The maximum absolute atomic E-state index is 13.2. The molecule has 0 saturated carbocycles. The summed E-state index contributed by atoms with van der Waals surface area (Å²) in [5, 5.41) is 25.4. The zero-order chi connectivity index (χ0) is 19.4. The van der Waals surface area contributed by atoms with Crippen molar-refractivity contribution in [3.63, 3.8) is 0 Å². The molecule has 1 N–H and O–H groups in total. The molecule has 6 nitrogen and oxygen atoms in total. The molecule has 134 valence electrons. The number of anilines is 1. The monoisotopic (exact) mass is 444 g/mol. The van der Waals surface area contributed by atoms with E-state index in [4.69, 9.17) is 0 Å². The SMILES string of the molecule is N#CC(=CNc1ccc(F)cc1[N+](=O)[O-])c1nc(-c2ccc(Br)cc2)cs1. The molecule has 0 amide bonds. The zero-order valence-electron chi connectivity index (χ0n) is 13.5. The largest absolute Gasteiger partial charge is 0.355 e. The Bertz CT molecular complexity index is 1070. The van der Waals surface area contributed by atoms with Crippen LogP contribution in [0.25, 0.3) is 16.8 Å². The molecule has 3 rings (SSSR count). The standard InChI is InChI=1S/C18H10BrFN4O2S/c19-13-3-1-11(2-4-13)16-10-27-18(23-16)12(8-21)9-22-15-6-5-14(20)7-17(15)24(25)26/h1-7,9-10,22H. The highest BCUT2D eigenvalue weighted by molar-refractivity contribution is 9.10. The third-order valence-corrected chi connectivity index (χ3v) is 4.93. The molecule has 0 fully saturated rings. The van der Waals surface area contributed by atoms with Crippen LogP contribution in [0.2, 0.25) is 0 Å².